The average molecular weight is 345 g/mol. The third-order valence-corrected chi connectivity index (χ3v) is 3.95. The molecule has 1 N–H and O–H groups in total. The van der Waals surface area contributed by atoms with Gasteiger partial charge in [0.1, 0.15) is 11.3 Å². The molecule has 0 aliphatic carbocycles. The van der Waals surface area contributed by atoms with E-state index >= 15 is 0 Å². The lowest BCUT2D eigenvalue weighted by atomic mass is 10.0. The van der Waals surface area contributed by atoms with Crippen LogP contribution in [0.5, 0.6) is 0 Å². The van der Waals surface area contributed by atoms with Crippen molar-refractivity contribution in [1.29, 1.82) is 0 Å². The quantitative estimate of drug-likeness (QED) is 0.769. The third kappa shape index (κ3) is 3.33. The number of hydrogen-bond donors (Lipinski definition) is 1. The molecular formula is C15H19BrClNO. The van der Waals surface area contributed by atoms with E-state index in [4.69, 9.17) is 16.0 Å². The summed E-state index contributed by atoms with van der Waals surface area (Å²) < 4.78 is 6.91. The van der Waals surface area contributed by atoms with Crippen molar-refractivity contribution in [3.8, 4) is 0 Å². The summed E-state index contributed by atoms with van der Waals surface area (Å²) in [5, 5.41) is 5.30. The minimum atomic E-state index is 0.234. The monoisotopic (exact) mass is 343 g/mol. The van der Waals surface area contributed by atoms with Crippen LogP contribution >= 0.6 is 27.5 Å². The smallest absolute Gasteiger partial charge is 0.148 e. The molecule has 0 spiro atoms. The van der Waals surface area contributed by atoms with Crippen molar-refractivity contribution in [2.24, 2.45) is 5.92 Å². The molecule has 0 fully saturated rings. The lowest BCUT2D eigenvalue weighted by Crippen LogP contribution is -2.25. The molecule has 0 saturated carbocycles. The van der Waals surface area contributed by atoms with Crippen molar-refractivity contribution in [2.45, 2.75) is 33.2 Å². The normalized spacial score (nSPS) is 13.4. The number of furan rings is 1. The molecule has 1 aromatic heterocycles. The molecule has 19 heavy (non-hydrogen) atoms. The van der Waals surface area contributed by atoms with Crippen LogP contribution in [0.4, 0.5) is 0 Å². The van der Waals surface area contributed by atoms with Crippen molar-refractivity contribution in [3.05, 3.63) is 33.5 Å². The fraction of sp³-hybridized carbons (Fsp3) is 0.467. The van der Waals surface area contributed by atoms with Crippen molar-refractivity contribution in [2.75, 3.05) is 6.54 Å². The molecule has 1 atom stereocenters. The maximum atomic E-state index is 6.07. The van der Waals surface area contributed by atoms with Gasteiger partial charge in [0.25, 0.3) is 0 Å². The highest BCUT2D eigenvalue weighted by molar-refractivity contribution is 9.10. The first kappa shape index (κ1) is 14.9. The fourth-order valence-electron chi connectivity index (χ4n) is 2.21. The van der Waals surface area contributed by atoms with Crippen LogP contribution in [-0.4, -0.2) is 6.54 Å². The van der Waals surface area contributed by atoms with Gasteiger partial charge in [0.15, 0.2) is 0 Å². The van der Waals surface area contributed by atoms with Gasteiger partial charge in [0.2, 0.25) is 0 Å². The van der Waals surface area contributed by atoms with Crippen LogP contribution in [0.3, 0.4) is 0 Å². The van der Waals surface area contributed by atoms with E-state index in [-0.39, 0.29) is 6.04 Å². The molecule has 0 aliphatic heterocycles. The summed E-state index contributed by atoms with van der Waals surface area (Å²) in [5.41, 5.74) is 0.864. The Kier molecular flexibility index (Phi) is 4.93. The molecule has 0 bridgehead atoms. The van der Waals surface area contributed by atoms with Crippen LogP contribution in [0.25, 0.3) is 11.0 Å². The van der Waals surface area contributed by atoms with Gasteiger partial charge in [0, 0.05) is 10.4 Å². The van der Waals surface area contributed by atoms with Crippen molar-refractivity contribution in [1.82, 2.24) is 5.32 Å². The molecule has 0 aliphatic rings. The largest absolute Gasteiger partial charge is 0.458 e. The van der Waals surface area contributed by atoms with Gasteiger partial charge in [-0.1, -0.05) is 32.4 Å². The van der Waals surface area contributed by atoms with Gasteiger partial charge in [-0.05, 0) is 53.0 Å². The summed E-state index contributed by atoms with van der Waals surface area (Å²) in [7, 11) is 0. The van der Waals surface area contributed by atoms with Gasteiger partial charge in [-0.2, -0.15) is 0 Å². The zero-order valence-electron chi connectivity index (χ0n) is 11.5. The summed E-state index contributed by atoms with van der Waals surface area (Å²) in [5.74, 6) is 1.45. The van der Waals surface area contributed by atoms with E-state index in [0.29, 0.717) is 10.9 Å². The number of hydrogen-bond acceptors (Lipinski definition) is 2. The van der Waals surface area contributed by atoms with Crippen LogP contribution < -0.4 is 5.32 Å². The Hall–Kier alpha value is -0.510. The summed E-state index contributed by atoms with van der Waals surface area (Å²) >= 11 is 9.57. The van der Waals surface area contributed by atoms with E-state index in [9.17, 15) is 0 Å². The van der Waals surface area contributed by atoms with E-state index in [1.54, 1.807) is 0 Å². The summed E-state index contributed by atoms with van der Waals surface area (Å²) in [4.78, 5) is 0. The summed E-state index contributed by atoms with van der Waals surface area (Å²) in [6, 6.07) is 6.12. The van der Waals surface area contributed by atoms with Crippen LogP contribution in [0.2, 0.25) is 5.02 Å². The van der Waals surface area contributed by atoms with E-state index in [1.165, 1.54) is 0 Å². The number of rotatable bonds is 5. The number of benzene rings is 1. The number of halogens is 2. The standard InChI is InChI=1S/C15H19BrClNO/c1-4-5-18-14(9(2)3)13-7-10-6-11(17)8-12(16)15(10)19-13/h6-9,14,18H,4-5H2,1-3H3. The van der Waals surface area contributed by atoms with Crippen molar-refractivity contribution < 1.29 is 4.42 Å². The van der Waals surface area contributed by atoms with Gasteiger partial charge < -0.3 is 9.73 Å². The second kappa shape index (κ2) is 6.29. The van der Waals surface area contributed by atoms with Crippen LogP contribution in [0, 0.1) is 5.92 Å². The minimum Gasteiger partial charge on any atom is -0.458 e. The molecule has 2 nitrogen and oxygen atoms in total. The van der Waals surface area contributed by atoms with Gasteiger partial charge in [-0.15, -0.1) is 0 Å². The predicted octanol–water partition coefficient (Wildman–Crippen LogP) is 5.55. The average Bonchev–Trinajstić information content (AvgIpc) is 2.73. The third-order valence-electron chi connectivity index (χ3n) is 3.14. The summed E-state index contributed by atoms with van der Waals surface area (Å²) in [6.07, 6.45) is 1.11. The molecule has 0 saturated heterocycles. The first-order valence-corrected chi connectivity index (χ1v) is 7.82. The van der Waals surface area contributed by atoms with Gasteiger partial charge in [-0.25, -0.2) is 0 Å². The van der Waals surface area contributed by atoms with E-state index in [0.717, 1.165) is 34.2 Å². The van der Waals surface area contributed by atoms with E-state index in [2.05, 4.69) is 48.1 Å². The second-order valence-corrected chi connectivity index (χ2v) is 6.42. The van der Waals surface area contributed by atoms with Crippen LogP contribution in [-0.2, 0) is 0 Å². The Morgan fingerprint density at radius 2 is 2.05 bits per heavy atom. The Balaban J connectivity index is 2.40. The zero-order valence-corrected chi connectivity index (χ0v) is 13.8. The lowest BCUT2D eigenvalue weighted by molar-refractivity contribution is 0.351. The molecule has 4 heteroatoms. The predicted molar refractivity (Wildman–Crippen MR) is 84.8 cm³/mol. The van der Waals surface area contributed by atoms with Gasteiger partial charge in [-0.3, -0.25) is 0 Å². The zero-order chi connectivity index (χ0) is 14.0. The van der Waals surface area contributed by atoms with Crippen LogP contribution in [0.15, 0.2) is 27.1 Å². The Labute approximate surface area is 127 Å². The van der Waals surface area contributed by atoms with Crippen molar-refractivity contribution in [3.63, 3.8) is 0 Å². The Morgan fingerprint density at radius 1 is 1.32 bits per heavy atom. The minimum absolute atomic E-state index is 0.234. The van der Waals surface area contributed by atoms with Gasteiger partial charge in [0.05, 0.1) is 10.5 Å². The molecule has 2 rings (SSSR count). The SMILES string of the molecule is CCCNC(c1cc2cc(Cl)cc(Br)c2o1)C(C)C. The molecule has 0 radical (unpaired) electrons. The number of nitrogens with one attached hydrogen (secondary N) is 1. The molecule has 2 aromatic rings. The van der Waals surface area contributed by atoms with Gasteiger partial charge >= 0.3 is 0 Å². The van der Waals surface area contributed by atoms with Crippen molar-refractivity contribution >= 4 is 38.5 Å². The lowest BCUT2D eigenvalue weighted by Gasteiger charge is -2.19. The van der Waals surface area contributed by atoms with Crippen LogP contribution in [0.1, 0.15) is 39.0 Å². The maximum Gasteiger partial charge on any atom is 0.148 e. The van der Waals surface area contributed by atoms with E-state index < -0.39 is 0 Å². The molecule has 1 unspecified atom stereocenters. The second-order valence-electron chi connectivity index (χ2n) is 5.13. The maximum absolute atomic E-state index is 6.07. The molecule has 1 heterocycles. The molecule has 1 aromatic carbocycles. The molecular weight excluding hydrogens is 326 g/mol. The highest BCUT2D eigenvalue weighted by atomic mass is 79.9. The molecule has 104 valence electrons. The fourth-order valence-corrected chi connectivity index (χ4v) is 3.13. The highest BCUT2D eigenvalue weighted by Crippen LogP contribution is 2.34. The topological polar surface area (TPSA) is 25.2 Å². The highest BCUT2D eigenvalue weighted by Gasteiger charge is 2.20. The first-order valence-electron chi connectivity index (χ1n) is 6.64. The molecule has 0 amide bonds. The van der Waals surface area contributed by atoms with E-state index in [1.807, 2.05) is 12.1 Å². The Bertz CT molecular complexity index is 565. The number of fused-ring (bicyclic) bond motifs is 1. The summed E-state index contributed by atoms with van der Waals surface area (Å²) in [6.45, 7) is 7.55. The first-order chi connectivity index (χ1) is 9.02. The Morgan fingerprint density at radius 3 is 2.68 bits per heavy atom.